The molecule has 11 heteroatoms. The number of carbonyl (C=O) groups excluding carboxylic acids is 1. The fourth-order valence-electron chi connectivity index (χ4n) is 1.000. The fraction of sp³-hybridized carbons (Fsp3) is 0.875. The average Bonchev–Trinajstić information content (AvgIpc) is 2.40. The summed E-state index contributed by atoms with van der Waals surface area (Å²) in [4.78, 5) is 12.3. The van der Waals surface area contributed by atoms with E-state index in [1.54, 1.807) is 0 Å². The minimum Gasteiger partial charge on any atom is -0.251 e. The molecule has 0 saturated heterocycles. The van der Waals surface area contributed by atoms with E-state index in [1.165, 1.54) is 0 Å². The molecule has 0 spiro atoms. The summed E-state index contributed by atoms with van der Waals surface area (Å²) >= 11 is 0. The summed E-state index contributed by atoms with van der Waals surface area (Å²) in [6.45, 7) is 0. The molecule has 0 aromatic carbocycles. The smallest absolute Gasteiger partial charge is 0.251 e. The summed E-state index contributed by atoms with van der Waals surface area (Å²) in [6.07, 6.45) is -26.6. The van der Waals surface area contributed by atoms with E-state index in [1.807, 2.05) is 0 Å². The first-order chi connectivity index (χ1) is 8.64. The van der Waals surface area contributed by atoms with Gasteiger partial charge in [0.15, 0.2) is 30.9 Å². The van der Waals surface area contributed by atoms with Gasteiger partial charge in [-0.15, -0.1) is 0 Å². The van der Waals surface area contributed by atoms with Gasteiger partial charge in [-0.1, -0.05) is 0 Å². The van der Waals surface area contributed by atoms with Crippen LogP contribution in [0.1, 0.15) is 0 Å². The van der Waals surface area contributed by atoms with Gasteiger partial charge in [0.05, 0.1) is 0 Å². The van der Waals surface area contributed by atoms with Gasteiger partial charge in [-0.05, 0) is 0 Å². The predicted octanol–water partition coefficient (Wildman–Crippen LogP) is 2.71. The molecule has 0 aromatic rings. The number of hydrogen-bond donors (Lipinski definition) is 0. The summed E-state index contributed by atoms with van der Waals surface area (Å²) in [6, 6.07) is 0. The Morgan fingerprint density at radius 3 is 1.42 bits per heavy atom. The zero-order valence-electron chi connectivity index (χ0n) is 8.76. The van der Waals surface area contributed by atoms with Crippen LogP contribution in [0.2, 0.25) is 0 Å². The van der Waals surface area contributed by atoms with Gasteiger partial charge in [0, 0.05) is 4.53 Å². The van der Waals surface area contributed by atoms with Crippen molar-refractivity contribution in [1.82, 2.24) is 0 Å². The first kappa shape index (κ1) is 17.8. The highest BCUT2D eigenvalue weighted by atomic mass is 19.3. The Morgan fingerprint density at radius 2 is 1.05 bits per heavy atom. The highest BCUT2D eigenvalue weighted by Gasteiger charge is 2.47. The van der Waals surface area contributed by atoms with Crippen molar-refractivity contribution in [2.24, 2.45) is 0 Å². The van der Waals surface area contributed by atoms with Crippen LogP contribution in [0, 0.1) is 0 Å². The average molecular weight is 306 g/mol. The molecule has 0 aliphatic heterocycles. The second-order valence-corrected chi connectivity index (χ2v) is 3.35. The molecule has 19 heavy (non-hydrogen) atoms. The molecule has 114 valence electrons. The summed E-state index contributed by atoms with van der Waals surface area (Å²) in [5.41, 5.74) is 0. The number of halogens is 9. The third kappa shape index (κ3) is 4.46. The molecule has 0 amide bonds. The molecule has 0 aliphatic carbocycles. The highest BCUT2D eigenvalue weighted by Crippen LogP contribution is 2.26. The van der Waals surface area contributed by atoms with Crippen LogP contribution in [0.5, 0.6) is 0 Å². The van der Waals surface area contributed by atoms with E-state index < -0.39 is 49.4 Å². The monoisotopic (exact) mass is 306 g/mol. The van der Waals surface area contributed by atoms with Crippen molar-refractivity contribution in [1.29, 1.82) is 0 Å². The maximum Gasteiger partial charge on any atom is 0.385 e. The molecule has 0 saturated carbocycles. The van der Waals surface area contributed by atoms with Crippen LogP contribution in [-0.2, 0) is 9.74 Å². The Hall–Kier alpha value is -1.16. The van der Waals surface area contributed by atoms with Crippen LogP contribution >= 0.6 is 0 Å². The van der Waals surface area contributed by atoms with Crippen LogP contribution in [-0.4, -0.2) is 49.4 Å². The van der Waals surface area contributed by atoms with E-state index >= 15 is 0 Å². The minimum atomic E-state index is -4.02. The van der Waals surface area contributed by atoms with Gasteiger partial charge in [0.1, 0.15) is 0 Å². The maximum absolute atomic E-state index is 12.8. The van der Waals surface area contributed by atoms with Crippen molar-refractivity contribution >= 4 is 5.97 Å². The molecule has 0 aliphatic rings. The van der Waals surface area contributed by atoms with Gasteiger partial charge in [-0.25, -0.2) is 39.9 Å². The van der Waals surface area contributed by atoms with Crippen LogP contribution < -0.4 is 0 Å². The van der Waals surface area contributed by atoms with Crippen molar-refractivity contribution in [2.75, 3.05) is 0 Å². The lowest BCUT2D eigenvalue weighted by Gasteiger charge is -2.22. The number of rotatable bonds is 7. The Balaban J connectivity index is 4.71. The van der Waals surface area contributed by atoms with E-state index in [0.717, 1.165) is 0 Å². The second-order valence-electron chi connectivity index (χ2n) is 3.35. The minimum absolute atomic E-state index is 2.18. The molecule has 0 heterocycles. The zero-order valence-corrected chi connectivity index (χ0v) is 8.76. The van der Waals surface area contributed by atoms with E-state index in [4.69, 9.17) is 0 Å². The lowest BCUT2D eigenvalue weighted by molar-refractivity contribution is -0.194. The quantitative estimate of drug-likeness (QED) is 0.676. The summed E-state index contributed by atoms with van der Waals surface area (Å²) in [7, 11) is 0. The van der Waals surface area contributed by atoms with Gasteiger partial charge >= 0.3 is 5.97 Å². The molecule has 6 atom stereocenters. The van der Waals surface area contributed by atoms with Gasteiger partial charge in [-0.2, -0.15) is 0 Å². The maximum atomic E-state index is 12.8. The molecule has 6 unspecified atom stereocenters. The number of hydrogen-bond acceptors (Lipinski definition) is 2. The van der Waals surface area contributed by atoms with Crippen molar-refractivity contribution in [3.8, 4) is 0 Å². The largest absolute Gasteiger partial charge is 0.385 e. The first-order valence-corrected chi connectivity index (χ1v) is 4.60. The number of carbonyl (C=O) groups is 1. The van der Waals surface area contributed by atoms with Crippen LogP contribution in [0.15, 0.2) is 0 Å². The normalized spacial score (nSPS) is 21.4. The lowest BCUT2D eigenvalue weighted by atomic mass is 10.0. The third-order valence-electron chi connectivity index (χ3n) is 2.04. The van der Waals surface area contributed by atoms with Crippen LogP contribution in [0.25, 0.3) is 0 Å². The predicted molar refractivity (Wildman–Crippen MR) is 42.6 cm³/mol. The fourth-order valence-corrected chi connectivity index (χ4v) is 1.000. The topological polar surface area (TPSA) is 26.3 Å². The Morgan fingerprint density at radius 1 is 0.684 bits per heavy atom. The standard InChI is InChI=1S/C8H7F9O2/c9-1(3(11)5(13)7(15)16)2(10)4(12)6(14)8(18)19-17/h1-7H. The SMILES string of the molecule is O=C(OF)C(F)C(F)C(F)C(F)C(F)C(F)C(F)F. The molecule has 0 bridgehead atoms. The molecule has 0 radical (unpaired) electrons. The van der Waals surface area contributed by atoms with Gasteiger partial charge in [0.25, 0.3) is 6.43 Å². The van der Waals surface area contributed by atoms with Gasteiger partial charge in [0.2, 0.25) is 6.17 Å². The van der Waals surface area contributed by atoms with E-state index in [0.29, 0.717) is 0 Å². The Bertz CT molecular complexity index is 289. The highest BCUT2D eigenvalue weighted by molar-refractivity contribution is 5.74. The molecule has 0 fully saturated rings. The van der Waals surface area contributed by atoms with Gasteiger partial charge in [-0.3, -0.25) is 4.94 Å². The molecule has 2 nitrogen and oxygen atoms in total. The third-order valence-corrected chi connectivity index (χ3v) is 2.04. The summed E-state index contributed by atoms with van der Waals surface area (Å²) in [5.74, 6) is -2.57. The molecule has 0 N–H and O–H groups in total. The molecule has 0 rings (SSSR count). The molecule has 0 aromatic heterocycles. The summed E-state index contributed by atoms with van der Waals surface area (Å²) in [5, 5.41) is 0. The Labute approximate surface area is 100.0 Å². The zero-order chi connectivity index (χ0) is 15.3. The molecular formula is C8H7F9O2. The first-order valence-electron chi connectivity index (χ1n) is 4.60. The number of alkyl halides is 8. The molecular weight excluding hydrogens is 299 g/mol. The Kier molecular flexibility index (Phi) is 6.98. The van der Waals surface area contributed by atoms with Crippen molar-refractivity contribution < 1.29 is 49.4 Å². The van der Waals surface area contributed by atoms with E-state index in [-0.39, 0.29) is 0 Å². The van der Waals surface area contributed by atoms with Crippen molar-refractivity contribution in [3.05, 3.63) is 0 Å². The second kappa shape index (κ2) is 7.43. The summed E-state index contributed by atoms with van der Waals surface area (Å²) < 4.78 is 110. The lowest BCUT2D eigenvalue weighted by Crippen LogP contribution is -2.46. The van der Waals surface area contributed by atoms with Gasteiger partial charge < -0.3 is 0 Å². The van der Waals surface area contributed by atoms with Crippen LogP contribution in [0.4, 0.5) is 39.6 Å². The van der Waals surface area contributed by atoms with Crippen molar-refractivity contribution in [3.63, 3.8) is 0 Å². The van der Waals surface area contributed by atoms with Crippen LogP contribution in [0.3, 0.4) is 0 Å². The van der Waals surface area contributed by atoms with E-state index in [9.17, 15) is 44.4 Å². The van der Waals surface area contributed by atoms with Crippen molar-refractivity contribution in [2.45, 2.75) is 43.5 Å². The van der Waals surface area contributed by atoms with E-state index in [2.05, 4.69) is 4.94 Å².